The van der Waals surface area contributed by atoms with E-state index in [9.17, 15) is 0 Å². The Bertz CT molecular complexity index is 1510. The predicted octanol–water partition coefficient (Wildman–Crippen LogP) is 9.69. The van der Waals surface area contributed by atoms with Gasteiger partial charge in [0, 0.05) is 42.1 Å². The van der Waals surface area contributed by atoms with Crippen molar-refractivity contribution in [1.82, 2.24) is 4.98 Å². The van der Waals surface area contributed by atoms with Gasteiger partial charge in [-0.25, -0.2) is 0 Å². The molecule has 1 nitrogen and oxygen atoms in total. The van der Waals surface area contributed by atoms with Crippen LogP contribution in [0, 0.1) is 5.92 Å². The molecule has 0 amide bonds. The first-order valence-corrected chi connectivity index (χ1v) is 14.4. The number of nitrogens with zero attached hydrogens (tertiary/aromatic N) is 1. The quantitative estimate of drug-likeness (QED) is 0.251. The molecule has 0 bridgehead atoms. The van der Waals surface area contributed by atoms with Crippen LogP contribution in [0.25, 0.3) is 41.5 Å². The van der Waals surface area contributed by atoms with E-state index in [1.807, 2.05) is 28.9 Å². The van der Waals surface area contributed by atoms with E-state index in [2.05, 4.69) is 88.2 Å². The third-order valence-electron chi connectivity index (χ3n) is 6.71. The molecule has 0 N–H and O–H groups in total. The minimum absolute atomic E-state index is 0.0939. The highest BCUT2D eigenvalue weighted by atomic mass is 32.2. The highest BCUT2D eigenvalue weighted by Gasteiger charge is 2.27. The normalized spacial score (nSPS) is 16.5. The van der Waals surface area contributed by atoms with Crippen molar-refractivity contribution in [2.45, 2.75) is 63.0 Å². The predicted molar refractivity (Wildman–Crippen MR) is 149 cm³/mol. The highest BCUT2D eigenvalue weighted by Crippen LogP contribution is 2.48. The maximum Gasteiger partial charge on any atom is 0.0880 e. The van der Waals surface area contributed by atoms with Gasteiger partial charge in [0.15, 0.2) is 0 Å². The summed E-state index contributed by atoms with van der Waals surface area (Å²) in [5, 5.41) is 7.10. The highest BCUT2D eigenvalue weighted by molar-refractivity contribution is 8.00. The van der Waals surface area contributed by atoms with Gasteiger partial charge < -0.3 is 0 Å². The number of hydrogen-bond donors (Lipinski definition) is 0. The maximum atomic E-state index is 4.94. The van der Waals surface area contributed by atoms with Crippen LogP contribution in [-0.2, 0) is 11.8 Å². The molecular formula is C29H29NS3. The van der Waals surface area contributed by atoms with Crippen LogP contribution in [0.4, 0.5) is 0 Å². The molecule has 6 rings (SSSR count). The molecule has 0 saturated heterocycles. The van der Waals surface area contributed by atoms with Gasteiger partial charge in [0.25, 0.3) is 0 Å². The number of aromatic nitrogens is 1. The summed E-state index contributed by atoms with van der Waals surface area (Å²) in [5.41, 5.74) is 5.45. The first-order chi connectivity index (χ1) is 15.8. The SMILES string of the molecule is CC(C)CC1Cc2c(ccc3sc4c(-c5cc(C(C)(C)C)c6sccc6c5)nccc4c23)S1. The summed E-state index contributed by atoms with van der Waals surface area (Å²) in [4.78, 5) is 6.43. The van der Waals surface area contributed by atoms with E-state index in [4.69, 9.17) is 4.98 Å². The maximum absolute atomic E-state index is 4.94. The Hall–Kier alpha value is -1.88. The fourth-order valence-corrected chi connectivity index (χ4v) is 9.16. The first-order valence-electron chi connectivity index (χ1n) is 11.8. The fraction of sp³-hybridized carbons (Fsp3) is 0.345. The third-order valence-corrected chi connectivity index (χ3v) is 10.2. The molecule has 168 valence electrons. The van der Waals surface area contributed by atoms with Crippen LogP contribution in [0.2, 0.25) is 0 Å². The molecule has 5 aromatic rings. The van der Waals surface area contributed by atoms with Crippen molar-refractivity contribution in [1.29, 1.82) is 0 Å². The van der Waals surface area contributed by atoms with Crippen LogP contribution < -0.4 is 0 Å². The van der Waals surface area contributed by atoms with Gasteiger partial charge in [0.2, 0.25) is 0 Å². The first kappa shape index (κ1) is 21.6. The average Bonchev–Trinajstić information content (AvgIpc) is 3.46. The van der Waals surface area contributed by atoms with Crippen LogP contribution in [-0.4, -0.2) is 10.2 Å². The van der Waals surface area contributed by atoms with E-state index in [1.165, 1.54) is 59.1 Å². The van der Waals surface area contributed by atoms with Crippen LogP contribution >= 0.6 is 34.4 Å². The van der Waals surface area contributed by atoms with Gasteiger partial charge in [0.05, 0.1) is 10.4 Å². The Morgan fingerprint density at radius 3 is 2.70 bits per heavy atom. The van der Waals surface area contributed by atoms with Gasteiger partial charge >= 0.3 is 0 Å². The molecular weight excluding hydrogens is 459 g/mol. The lowest BCUT2D eigenvalue weighted by molar-refractivity contribution is 0.570. The van der Waals surface area contributed by atoms with Crippen molar-refractivity contribution in [3.8, 4) is 11.3 Å². The van der Waals surface area contributed by atoms with Gasteiger partial charge in [-0.2, -0.15) is 0 Å². The second-order valence-corrected chi connectivity index (χ2v) is 14.1. The Morgan fingerprint density at radius 1 is 1.06 bits per heavy atom. The van der Waals surface area contributed by atoms with Gasteiger partial charge in [-0.15, -0.1) is 34.4 Å². The minimum atomic E-state index is 0.0939. The number of rotatable bonds is 3. The Morgan fingerprint density at radius 2 is 1.91 bits per heavy atom. The Labute approximate surface area is 208 Å². The number of hydrogen-bond acceptors (Lipinski definition) is 4. The van der Waals surface area contributed by atoms with Crippen molar-refractivity contribution >= 4 is 64.7 Å². The fourth-order valence-electron chi connectivity index (χ4n) is 5.25. The van der Waals surface area contributed by atoms with Gasteiger partial charge in [-0.3, -0.25) is 4.98 Å². The number of thiophene rings is 2. The van der Waals surface area contributed by atoms with E-state index in [0.29, 0.717) is 5.25 Å². The summed E-state index contributed by atoms with van der Waals surface area (Å²) in [7, 11) is 0. The van der Waals surface area contributed by atoms with Crippen LogP contribution in [0.3, 0.4) is 0 Å². The molecule has 1 atom stereocenters. The monoisotopic (exact) mass is 487 g/mol. The summed E-state index contributed by atoms with van der Waals surface area (Å²) in [6.07, 6.45) is 4.49. The van der Waals surface area contributed by atoms with E-state index in [0.717, 1.165) is 11.6 Å². The third kappa shape index (κ3) is 3.62. The van der Waals surface area contributed by atoms with E-state index < -0.39 is 0 Å². The van der Waals surface area contributed by atoms with E-state index >= 15 is 0 Å². The topological polar surface area (TPSA) is 12.9 Å². The van der Waals surface area contributed by atoms with Crippen molar-refractivity contribution in [3.63, 3.8) is 0 Å². The van der Waals surface area contributed by atoms with Crippen molar-refractivity contribution in [2.24, 2.45) is 5.92 Å². The zero-order valence-corrected chi connectivity index (χ0v) is 22.3. The second kappa shape index (κ2) is 7.83. The summed E-state index contributed by atoms with van der Waals surface area (Å²) in [6.45, 7) is 11.6. The van der Waals surface area contributed by atoms with E-state index in [1.54, 1.807) is 5.56 Å². The molecule has 0 radical (unpaired) electrons. The van der Waals surface area contributed by atoms with Crippen LogP contribution in [0.1, 0.15) is 52.2 Å². The molecule has 1 aliphatic heterocycles. The zero-order chi connectivity index (χ0) is 22.9. The molecule has 1 unspecified atom stereocenters. The lowest BCUT2D eigenvalue weighted by atomic mass is 9.85. The molecule has 0 spiro atoms. The summed E-state index contributed by atoms with van der Waals surface area (Å²) in [6, 6.07) is 13.9. The van der Waals surface area contributed by atoms with Gasteiger partial charge in [-0.1, -0.05) is 34.6 Å². The second-order valence-electron chi connectivity index (χ2n) is 10.7. The van der Waals surface area contributed by atoms with Crippen molar-refractivity contribution < 1.29 is 0 Å². The molecule has 3 aromatic heterocycles. The molecule has 2 aromatic carbocycles. The number of benzene rings is 2. The lowest BCUT2D eigenvalue weighted by Gasteiger charge is -2.21. The lowest BCUT2D eigenvalue weighted by Crippen LogP contribution is -2.11. The number of thioether (sulfide) groups is 1. The summed E-state index contributed by atoms with van der Waals surface area (Å²) < 4.78 is 4.13. The molecule has 4 heterocycles. The Balaban J connectivity index is 1.56. The van der Waals surface area contributed by atoms with Crippen LogP contribution in [0.5, 0.6) is 0 Å². The Kier molecular flexibility index (Phi) is 5.13. The molecule has 0 fully saturated rings. The van der Waals surface area contributed by atoms with Gasteiger partial charge in [0.1, 0.15) is 0 Å². The van der Waals surface area contributed by atoms with Crippen LogP contribution in [0.15, 0.2) is 52.9 Å². The smallest absolute Gasteiger partial charge is 0.0880 e. The van der Waals surface area contributed by atoms with Crippen molar-refractivity contribution in [2.75, 3.05) is 0 Å². The molecule has 0 aliphatic carbocycles. The van der Waals surface area contributed by atoms with E-state index in [-0.39, 0.29) is 5.41 Å². The molecule has 33 heavy (non-hydrogen) atoms. The summed E-state index contributed by atoms with van der Waals surface area (Å²) in [5.74, 6) is 0.742. The summed E-state index contributed by atoms with van der Waals surface area (Å²) >= 11 is 5.85. The molecule has 1 aliphatic rings. The minimum Gasteiger partial charge on any atom is -0.255 e. The van der Waals surface area contributed by atoms with Crippen molar-refractivity contribution in [3.05, 3.63) is 59.1 Å². The molecule has 4 heteroatoms. The number of fused-ring (bicyclic) bond motifs is 6. The number of pyridine rings is 1. The zero-order valence-electron chi connectivity index (χ0n) is 19.9. The van der Waals surface area contributed by atoms with Gasteiger partial charge in [-0.05, 0) is 82.5 Å². The molecule has 0 saturated carbocycles. The largest absolute Gasteiger partial charge is 0.255 e. The standard InChI is InChI=1S/C29H29NS3/c1-16(2)12-19-15-21-23(32-19)6-7-24-25(21)20-8-10-30-26(28(20)33-24)18-13-17-9-11-31-27(17)22(14-18)29(3,4)5/h6-11,13-14,16,19H,12,15H2,1-5H3. The average molecular weight is 488 g/mol.